The smallest absolute Gasteiger partial charge is 0.326 e. The Balaban J connectivity index is 4.45. The van der Waals surface area contributed by atoms with E-state index in [4.69, 9.17) is 10.8 Å². The molecule has 0 aromatic carbocycles. The lowest BCUT2D eigenvalue weighted by atomic mass is 9.87. The zero-order valence-electron chi connectivity index (χ0n) is 10.8. The van der Waals surface area contributed by atoms with Gasteiger partial charge in [-0.05, 0) is 23.8 Å². The molecule has 0 aliphatic rings. The Labute approximate surface area is 107 Å². The summed E-state index contributed by atoms with van der Waals surface area (Å²) in [6, 6.07) is -1.57. The molecule has 4 N–H and O–H groups in total. The van der Waals surface area contributed by atoms with Crippen LogP contribution < -0.4 is 11.1 Å². The number of nitrogens with two attached hydrogens (primary N) is 1. The minimum absolute atomic E-state index is 0.382. The molecule has 0 aromatic rings. The van der Waals surface area contributed by atoms with Crippen LogP contribution >= 0.6 is 11.8 Å². The Bertz CT molecular complexity index is 276. The molecule has 0 aliphatic carbocycles. The van der Waals surface area contributed by atoms with Crippen LogP contribution in [0.4, 0.5) is 0 Å². The van der Waals surface area contributed by atoms with E-state index in [1.165, 1.54) is 0 Å². The summed E-state index contributed by atoms with van der Waals surface area (Å²) in [5, 5.41) is 11.4. The number of amides is 1. The maximum absolute atomic E-state index is 11.8. The van der Waals surface area contributed by atoms with Crippen LogP contribution in [-0.2, 0) is 9.59 Å². The number of carbonyl (C=O) groups is 2. The van der Waals surface area contributed by atoms with E-state index >= 15 is 0 Å². The van der Waals surface area contributed by atoms with Crippen molar-refractivity contribution in [1.29, 1.82) is 0 Å². The fourth-order valence-corrected chi connectivity index (χ4v) is 1.62. The molecule has 0 saturated heterocycles. The van der Waals surface area contributed by atoms with Crippen LogP contribution in [0.15, 0.2) is 0 Å². The molecule has 0 radical (unpaired) electrons. The van der Waals surface area contributed by atoms with Crippen molar-refractivity contribution >= 4 is 23.6 Å². The third-order valence-corrected chi connectivity index (χ3v) is 3.08. The van der Waals surface area contributed by atoms with Gasteiger partial charge in [0.1, 0.15) is 6.04 Å². The molecule has 0 spiro atoms. The van der Waals surface area contributed by atoms with E-state index in [0.29, 0.717) is 12.2 Å². The highest BCUT2D eigenvalue weighted by Crippen LogP contribution is 2.17. The summed E-state index contributed by atoms with van der Waals surface area (Å²) < 4.78 is 0. The first kappa shape index (κ1) is 16.2. The molecule has 0 aliphatic heterocycles. The van der Waals surface area contributed by atoms with Gasteiger partial charge in [0.15, 0.2) is 0 Å². The number of carbonyl (C=O) groups excluding carboxylic acids is 1. The number of carboxylic acids is 1. The van der Waals surface area contributed by atoms with Crippen molar-refractivity contribution in [3.63, 3.8) is 0 Å². The molecule has 0 rings (SSSR count). The lowest BCUT2D eigenvalue weighted by Crippen LogP contribution is -2.53. The maximum atomic E-state index is 11.8. The quantitative estimate of drug-likeness (QED) is 0.654. The highest BCUT2D eigenvalue weighted by Gasteiger charge is 2.30. The molecular weight excluding hydrogens is 240 g/mol. The molecule has 0 heterocycles. The largest absolute Gasteiger partial charge is 0.480 e. The van der Waals surface area contributed by atoms with Crippen molar-refractivity contribution in [2.24, 2.45) is 11.1 Å². The topological polar surface area (TPSA) is 92.4 Å². The number of nitrogens with one attached hydrogen (secondary N) is 1. The van der Waals surface area contributed by atoms with Crippen LogP contribution in [0.3, 0.4) is 0 Å². The van der Waals surface area contributed by atoms with E-state index in [1.807, 2.05) is 27.0 Å². The third kappa shape index (κ3) is 5.93. The summed E-state index contributed by atoms with van der Waals surface area (Å²) >= 11 is 1.54. The Morgan fingerprint density at radius 3 is 2.29 bits per heavy atom. The zero-order chi connectivity index (χ0) is 13.6. The number of thioether (sulfide) groups is 1. The maximum Gasteiger partial charge on any atom is 0.326 e. The Hall–Kier alpha value is -0.750. The average Bonchev–Trinajstić information content (AvgIpc) is 2.20. The van der Waals surface area contributed by atoms with Crippen LogP contribution in [0, 0.1) is 5.41 Å². The summed E-state index contributed by atoms with van der Waals surface area (Å²) in [6.07, 6.45) is 2.29. The summed E-state index contributed by atoms with van der Waals surface area (Å²) in [5.74, 6) is -0.748. The van der Waals surface area contributed by atoms with Gasteiger partial charge in [0, 0.05) is 0 Å². The molecule has 0 bridgehead atoms. The van der Waals surface area contributed by atoms with Gasteiger partial charge in [-0.2, -0.15) is 11.8 Å². The highest BCUT2D eigenvalue weighted by molar-refractivity contribution is 7.98. The molecule has 0 saturated carbocycles. The predicted molar refractivity (Wildman–Crippen MR) is 70.0 cm³/mol. The molecule has 100 valence electrons. The second kappa shape index (κ2) is 6.86. The number of carboxylic acid groups (broad SMARTS) is 1. The molecule has 5 nitrogen and oxygen atoms in total. The lowest BCUT2D eigenvalue weighted by Gasteiger charge is -2.27. The summed E-state index contributed by atoms with van der Waals surface area (Å²) in [5.41, 5.74) is 5.38. The number of hydrogen-bond acceptors (Lipinski definition) is 4. The SMILES string of the molecule is CSCC[C@@H](NC(=O)[C@H](N)C(C)(C)C)C(=O)O. The van der Waals surface area contributed by atoms with Gasteiger partial charge in [-0.3, -0.25) is 4.79 Å². The van der Waals surface area contributed by atoms with Crippen LogP contribution in [0.2, 0.25) is 0 Å². The van der Waals surface area contributed by atoms with E-state index in [2.05, 4.69) is 5.32 Å². The van der Waals surface area contributed by atoms with Crippen molar-refractivity contribution in [3.05, 3.63) is 0 Å². The fraction of sp³-hybridized carbons (Fsp3) is 0.818. The van der Waals surface area contributed by atoms with Gasteiger partial charge in [0.05, 0.1) is 6.04 Å². The molecule has 1 amide bonds. The Kier molecular flexibility index (Phi) is 6.56. The van der Waals surface area contributed by atoms with Crippen LogP contribution in [0.5, 0.6) is 0 Å². The first-order valence-electron chi connectivity index (χ1n) is 5.48. The normalized spacial score (nSPS) is 15.1. The Morgan fingerprint density at radius 2 is 1.94 bits per heavy atom. The standard InChI is InChI=1S/C11H22N2O3S/c1-11(2,3)8(12)9(14)13-7(10(15)16)5-6-17-4/h7-8H,5-6,12H2,1-4H3,(H,13,14)(H,15,16)/t7-,8+/m1/s1. The molecular formula is C11H22N2O3S. The van der Waals surface area contributed by atoms with Gasteiger partial charge >= 0.3 is 5.97 Å². The van der Waals surface area contributed by atoms with E-state index in [9.17, 15) is 9.59 Å². The van der Waals surface area contributed by atoms with Crippen molar-refractivity contribution in [2.75, 3.05) is 12.0 Å². The zero-order valence-corrected chi connectivity index (χ0v) is 11.6. The summed E-state index contributed by atoms with van der Waals surface area (Å²) in [7, 11) is 0. The van der Waals surface area contributed by atoms with Gasteiger partial charge in [-0.25, -0.2) is 4.79 Å². The van der Waals surface area contributed by atoms with E-state index in [1.54, 1.807) is 11.8 Å². The van der Waals surface area contributed by atoms with E-state index in [0.717, 1.165) is 0 Å². The summed E-state index contributed by atoms with van der Waals surface area (Å²) in [6.45, 7) is 5.53. The number of rotatable bonds is 6. The Morgan fingerprint density at radius 1 is 1.41 bits per heavy atom. The van der Waals surface area contributed by atoms with Gasteiger partial charge in [0.2, 0.25) is 5.91 Å². The highest BCUT2D eigenvalue weighted by atomic mass is 32.2. The van der Waals surface area contributed by atoms with Gasteiger partial charge in [-0.15, -0.1) is 0 Å². The summed E-state index contributed by atoms with van der Waals surface area (Å²) in [4.78, 5) is 22.7. The van der Waals surface area contributed by atoms with Crippen molar-refractivity contribution in [1.82, 2.24) is 5.32 Å². The van der Waals surface area contributed by atoms with Gasteiger partial charge in [0.25, 0.3) is 0 Å². The van der Waals surface area contributed by atoms with Crippen molar-refractivity contribution < 1.29 is 14.7 Å². The minimum atomic E-state index is -1.02. The molecule has 17 heavy (non-hydrogen) atoms. The average molecular weight is 262 g/mol. The van der Waals surface area contributed by atoms with Crippen LogP contribution in [-0.4, -0.2) is 41.1 Å². The lowest BCUT2D eigenvalue weighted by molar-refractivity contribution is -0.142. The van der Waals surface area contributed by atoms with Gasteiger partial charge < -0.3 is 16.2 Å². The van der Waals surface area contributed by atoms with E-state index in [-0.39, 0.29) is 5.41 Å². The molecule has 0 fully saturated rings. The first-order chi connectivity index (χ1) is 7.70. The molecule has 2 atom stereocenters. The molecule has 6 heteroatoms. The second-order valence-electron chi connectivity index (χ2n) is 5.02. The second-order valence-corrected chi connectivity index (χ2v) is 6.01. The van der Waals surface area contributed by atoms with Crippen LogP contribution in [0.1, 0.15) is 27.2 Å². The number of aliphatic carboxylic acids is 1. The third-order valence-electron chi connectivity index (χ3n) is 2.44. The molecule has 0 unspecified atom stereocenters. The fourth-order valence-electron chi connectivity index (χ4n) is 1.15. The monoisotopic (exact) mass is 262 g/mol. The first-order valence-corrected chi connectivity index (χ1v) is 6.87. The minimum Gasteiger partial charge on any atom is -0.480 e. The van der Waals surface area contributed by atoms with Crippen molar-refractivity contribution in [2.45, 2.75) is 39.3 Å². The van der Waals surface area contributed by atoms with Gasteiger partial charge in [-0.1, -0.05) is 20.8 Å². The number of hydrogen-bond donors (Lipinski definition) is 3. The van der Waals surface area contributed by atoms with Crippen LogP contribution in [0.25, 0.3) is 0 Å². The molecule has 0 aromatic heterocycles. The van der Waals surface area contributed by atoms with E-state index < -0.39 is 24.0 Å². The van der Waals surface area contributed by atoms with Crippen molar-refractivity contribution in [3.8, 4) is 0 Å². The predicted octanol–water partition coefficient (Wildman–Crippen LogP) is 0.682.